The first-order valence-electron chi connectivity index (χ1n) is 13.9. The van der Waals surface area contributed by atoms with Crippen molar-refractivity contribution in [1.82, 2.24) is 19.6 Å². The van der Waals surface area contributed by atoms with Crippen LogP contribution in [0.1, 0.15) is 50.0 Å². The van der Waals surface area contributed by atoms with Crippen molar-refractivity contribution < 1.29 is 24.2 Å². The smallest absolute Gasteiger partial charge is 0.274 e. The van der Waals surface area contributed by atoms with Gasteiger partial charge in [-0.2, -0.15) is 0 Å². The van der Waals surface area contributed by atoms with Crippen molar-refractivity contribution in [3.05, 3.63) is 119 Å². The Morgan fingerprint density at radius 1 is 0.976 bits per heavy atom. The summed E-state index contributed by atoms with van der Waals surface area (Å²) in [6, 6.07) is 23.6. The van der Waals surface area contributed by atoms with Gasteiger partial charge in [-0.3, -0.25) is 9.59 Å². The summed E-state index contributed by atoms with van der Waals surface area (Å²) in [7, 11) is 0. The first-order valence-corrected chi connectivity index (χ1v) is 13.9. The molecule has 210 valence electrons. The Labute approximate surface area is 242 Å². The highest BCUT2D eigenvalue weighted by Crippen LogP contribution is 2.39. The first-order chi connectivity index (χ1) is 20.5. The van der Waals surface area contributed by atoms with Gasteiger partial charge in [0.05, 0.1) is 18.2 Å². The molecule has 3 aromatic carbocycles. The molecule has 6 heterocycles. The van der Waals surface area contributed by atoms with Crippen molar-refractivity contribution in [2.75, 3.05) is 19.7 Å². The number of imidazole rings is 1. The highest BCUT2D eigenvalue weighted by Gasteiger charge is 2.34. The average molecular weight is 561 g/mol. The Balaban J connectivity index is 1.29. The molecule has 0 aliphatic carbocycles. The van der Waals surface area contributed by atoms with Crippen LogP contribution in [0.25, 0.3) is 5.65 Å². The van der Waals surface area contributed by atoms with Gasteiger partial charge in [0.15, 0.2) is 0 Å². The van der Waals surface area contributed by atoms with Gasteiger partial charge in [-0.25, -0.2) is 4.98 Å². The molecule has 9 nitrogen and oxygen atoms in total. The van der Waals surface area contributed by atoms with Gasteiger partial charge in [-0.1, -0.05) is 24.3 Å². The lowest BCUT2D eigenvalue weighted by Crippen LogP contribution is -2.40. The highest BCUT2D eigenvalue weighted by molar-refractivity contribution is 5.97. The first kappa shape index (κ1) is 25.6. The summed E-state index contributed by atoms with van der Waals surface area (Å²) >= 11 is 0. The minimum Gasteiger partial charge on any atom is -0.507 e. The number of nitrogens with zero attached hydrogens (tertiary/aromatic N) is 3. The second-order valence-corrected chi connectivity index (χ2v) is 10.4. The van der Waals surface area contributed by atoms with Gasteiger partial charge < -0.3 is 29.2 Å². The molecule has 0 spiro atoms. The minimum atomic E-state index is -0.385. The number of hydrogen-bond acceptors (Lipinski definition) is 6. The summed E-state index contributed by atoms with van der Waals surface area (Å²) in [4.78, 5) is 33.2. The molecular weight excluding hydrogens is 532 g/mol. The van der Waals surface area contributed by atoms with Crippen LogP contribution in [0.2, 0.25) is 0 Å². The van der Waals surface area contributed by atoms with Crippen molar-refractivity contribution >= 4 is 17.5 Å². The normalized spacial score (nSPS) is 16.6. The number of rotatable bonds is 1. The number of phenolic OH excluding ortho intramolecular Hbond substituents is 1. The van der Waals surface area contributed by atoms with Gasteiger partial charge in [0, 0.05) is 25.5 Å². The predicted molar refractivity (Wildman–Crippen MR) is 155 cm³/mol. The number of carbonyl (C=O) groups is 2. The fraction of sp³-hybridized carbons (Fsp3) is 0.182. The molecule has 0 fully saturated rings. The Kier molecular flexibility index (Phi) is 6.46. The third-order valence-electron chi connectivity index (χ3n) is 7.71. The molecule has 0 saturated carbocycles. The number of aromatic hydroxyl groups is 1. The Morgan fingerprint density at radius 3 is 2.64 bits per heavy atom. The maximum absolute atomic E-state index is 14.0. The number of nitrogens with one attached hydrogen (secondary N) is 1. The topological polar surface area (TPSA) is 105 Å². The summed E-state index contributed by atoms with van der Waals surface area (Å²) in [5.74, 6) is 1.10. The van der Waals surface area contributed by atoms with Gasteiger partial charge >= 0.3 is 0 Å². The molecule has 2 N–H and O–H groups in total. The quantitative estimate of drug-likeness (QED) is 0.295. The van der Waals surface area contributed by atoms with Crippen LogP contribution in [0.5, 0.6) is 23.0 Å². The maximum atomic E-state index is 14.0. The van der Waals surface area contributed by atoms with Crippen molar-refractivity contribution in [3.8, 4) is 23.0 Å². The van der Waals surface area contributed by atoms with E-state index in [9.17, 15) is 14.7 Å². The van der Waals surface area contributed by atoms with Crippen LogP contribution < -0.4 is 14.8 Å². The van der Waals surface area contributed by atoms with Gasteiger partial charge in [-0.15, -0.1) is 0 Å². The number of pyridine rings is 1. The molecule has 0 saturated heterocycles. The fourth-order valence-electron chi connectivity index (χ4n) is 5.63. The van der Waals surface area contributed by atoms with E-state index in [0.717, 1.165) is 22.3 Å². The molecule has 42 heavy (non-hydrogen) atoms. The van der Waals surface area contributed by atoms with E-state index < -0.39 is 0 Å². The van der Waals surface area contributed by atoms with Gasteiger partial charge in [0.25, 0.3) is 11.8 Å². The summed E-state index contributed by atoms with van der Waals surface area (Å²) in [5, 5.41) is 13.1. The second kappa shape index (κ2) is 10.6. The molecule has 9 rings (SSSR count). The molecule has 4 aliphatic rings. The molecular formula is C33H28N4O5. The highest BCUT2D eigenvalue weighted by atomic mass is 16.5. The summed E-state index contributed by atoms with van der Waals surface area (Å²) in [6.07, 6.45) is 4.87. The molecule has 2 amide bonds. The third kappa shape index (κ3) is 4.79. The zero-order chi connectivity index (χ0) is 28.6. The molecule has 5 aromatic rings. The number of carbonyl (C=O) groups excluding carboxylic acids is 2. The zero-order valence-corrected chi connectivity index (χ0v) is 22.7. The van der Waals surface area contributed by atoms with Crippen LogP contribution >= 0.6 is 0 Å². The van der Waals surface area contributed by atoms with Crippen molar-refractivity contribution in [2.24, 2.45) is 0 Å². The lowest BCUT2D eigenvalue weighted by Gasteiger charge is -2.37. The van der Waals surface area contributed by atoms with Gasteiger partial charge in [-0.05, 0) is 84.1 Å². The summed E-state index contributed by atoms with van der Waals surface area (Å²) in [5.41, 5.74) is 4.28. The van der Waals surface area contributed by atoms with E-state index in [2.05, 4.69) is 10.3 Å². The number of phenols is 1. The van der Waals surface area contributed by atoms with Crippen molar-refractivity contribution in [2.45, 2.75) is 18.9 Å². The molecule has 9 heteroatoms. The number of benzene rings is 3. The number of ether oxygens (including phenoxy) is 2. The SMILES string of the molecule is O=C1NCCCOc2ccc(cc2)C2c3ccc(cc3CCN2C(=O)c2cn3ccccc3n2)Oc2ccc(O)c1c2. The zero-order valence-electron chi connectivity index (χ0n) is 22.7. The Bertz CT molecular complexity index is 1780. The van der Waals surface area contributed by atoms with Gasteiger partial charge in [0.2, 0.25) is 0 Å². The van der Waals surface area contributed by atoms with E-state index >= 15 is 0 Å². The van der Waals surface area contributed by atoms with Crippen LogP contribution in [0.15, 0.2) is 91.3 Å². The minimum absolute atomic E-state index is 0.120. The standard InChI is InChI=1S/C33H28N4O5/c38-29-12-10-25-19-27(29)32(39)34-14-3-17-41-23-7-5-21(6-8-23)31-26-11-9-24(42-25)18-22(26)13-16-37(31)33(40)28-20-36-15-2-1-4-30(36)35-28/h1-2,4-12,15,18-20,31,38H,3,13-14,16-17H2,(H,34,39). The lowest BCUT2D eigenvalue weighted by atomic mass is 9.87. The monoisotopic (exact) mass is 560 g/mol. The van der Waals surface area contributed by atoms with E-state index in [0.29, 0.717) is 55.5 Å². The Hall–Kier alpha value is -5.31. The number of hydrogen-bond donors (Lipinski definition) is 2. The van der Waals surface area contributed by atoms with Crippen LogP contribution in [0, 0.1) is 0 Å². The van der Waals surface area contributed by atoms with Crippen molar-refractivity contribution in [3.63, 3.8) is 0 Å². The van der Waals surface area contributed by atoms with E-state index in [1.165, 1.54) is 12.1 Å². The lowest BCUT2D eigenvalue weighted by molar-refractivity contribution is 0.0689. The van der Waals surface area contributed by atoms with E-state index in [1.54, 1.807) is 12.3 Å². The second-order valence-electron chi connectivity index (χ2n) is 10.4. The largest absolute Gasteiger partial charge is 0.507 e. The van der Waals surface area contributed by atoms with Crippen LogP contribution in [0.4, 0.5) is 0 Å². The van der Waals surface area contributed by atoms with Crippen LogP contribution in [-0.4, -0.2) is 50.9 Å². The Morgan fingerprint density at radius 2 is 1.79 bits per heavy atom. The third-order valence-corrected chi connectivity index (χ3v) is 7.71. The van der Waals surface area contributed by atoms with E-state index in [4.69, 9.17) is 9.47 Å². The molecule has 1 atom stereocenters. The van der Waals surface area contributed by atoms with E-state index in [-0.39, 0.29) is 29.2 Å². The van der Waals surface area contributed by atoms with Gasteiger partial charge in [0.1, 0.15) is 34.3 Å². The predicted octanol–water partition coefficient (Wildman–Crippen LogP) is 5.13. The number of fused-ring (bicyclic) bond motifs is 2. The number of amides is 2. The summed E-state index contributed by atoms with van der Waals surface area (Å²) < 4.78 is 13.9. The maximum Gasteiger partial charge on any atom is 0.274 e. The molecule has 1 unspecified atom stereocenters. The van der Waals surface area contributed by atoms with E-state index in [1.807, 2.05) is 76.2 Å². The van der Waals surface area contributed by atoms with Crippen LogP contribution in [0.3, 0.4) is 0 Å². The molecule has 0 radical (unpaired) electrons. The molecule has 2 aromatic heterocycles. The molecule has 8 bridgehead atoms. The summed E-state index contributed by atoms with van der Waals surface area (Å²) in [6.45, 7) is 1.28. The molecule has 4 aliphatic heterocycles. The number of aromatic nitrogens is 2. The average Bonchev–Trinajstić information content (AvgIpc) is 3.45. The van der Waals surface area contributed by atoms with Crippen LogP contribution in [-0.2, 0) is 6.42 Å². The fourth-order valence-corrected chi connectivity index (χ4v) is 5.63. The van der Waals surface area contributed by atoms with Crippen molar-refractivity contribution in [1.29, 1.82) is 0 Å².